The zero-order chi connectivity index (χ0) is 12.9. The molecule has 94 valence electrons. The van der Waals surface area contributed by atoms with Crippen molar-refractivity contribution >= 4 is 5.69 Å². The van der Waals surface area contributed by atoms with Gasteiger partial charge >= 0.3 is 0 Å². The van der Waals surface area contributed by atoms with Crippen molar-refractivity contribution in [2.24, 2.45) is 0 Å². The standard InChI is InChI=1S/C15H24NO/c1-6-12-17-15(2,3)13-16(4,5)14-10-8-7-9-11-14/h6-12H,13H2,1-5H3/q+1. The molecule has 0 radical (unpaired) electrons. The molecule has 0 atom stereocenters. The summed E-state index contributed by atoms with van der Waals surface area (Å²) in [6.07, 6.45) is 3.69. The molecule has 0 aliphatic heterocycles. The smallest absolute Gasteiger partial charge is 0.151 e. The van der Waals surface area contributed by atoms with Crippen molar-refractivity contribution in [3.63, 3.8) is 0 Å². The van der Waals surface area contributed by atoms with Crippen LogP contribution >= 0.6 is 0 Å². The Morgan fingerprint density at radius 3 is 2.29 bits per heavy atom. The van der Waals surface area contributed by atoms with Gasteiger partial charge in [-0.2, -0.15) is 0 Å². The summed E-state index contributed by atoms with van der Waals surface area (Å²) in [5, 5.41) is 0. The average molecular weight is 234 g/mol. The summed E-state index contributed by atoms with van der Waals surface area (Å²) in [4.78, 5) is 0. The molecule has 1 rings (SSSR count). The molecule has 17 heavy (non-hydrogen) atoms. The Balaban J connectivity index is 2.79. The monoisotopic (exact) mass is 234 g/mol. The van der Waals surface area contributed by atoms with Gasteiger partial charge in [0.25, 0.3) is 0 Å². The van der Waals surface area contributed by atoms with Crippen LogP contribution < -0.4 is 4.48 Å². The molecule has 0 fully saturated rings. The zero-order valence-corrected chi connectivity index (χ0v) is 11.6. The fourth-order valence-electron chi connectivity index (χ4n) is 2.16. The maximum atomic E-state index is 5.74. The van der Waals surface area contributed by atoms with Crippen molar-refractivity contribution in [1.82, 2.24) is 4.48 Å². The first kappa shape index (κ1) is 13.8. The molecule has 0 amide bonds. The first-order valence-electron chi connectivity index (χ1n) is 6.05. The fourth-order valence-corrected chi connectivity index (χ4v) is 2.16. The molecule has 0 bridgehead atoms. The predicted octanol–water partition coefficient (Wildman–Crippen LogP) is 3.58. The summed E-state index contributed by atoms with van der Waals surface area (Å²) < 4.78 is 6.55. The molecule has 2 nitrogen and oxygen atoms in total. The third-order valence-corrected chi connectivity index (χ3v) is 2.75. The van der Waals surface area contributed by atoms with Gasteiger partial charge in [-0.15, -0.1) is 0 Å². The maximum absolute atomic E-state index is 5.74. The largest absolute Gasteiger partial charge is 0.490 e. The molecule has 0 aromatic heterocycles. The van der Waals surface area contributed by atoms with Crippen molar-refractivity contribution < 1.29 is 4.74 Å². The quantitative estimate of drug-likeness (QED) is 0.559. The minimum Gasteiger partial charge on any atom is -0.490 e. The molecule has 1 aromatic carbocycles. The van der Waals surface area contributed by atoms with Crippen LogP contribution in [0.25, 0.3) is 0 Å². The van der Waals surface area contributed by atoms with E-state index >= 15 is 0 Å². The summed E-state index contributed by atoms with van der Waals surface area (Å²) in [6.45, 7) is 7.13. The Morgan fingerprint density at radius 2 is 1.76 bits per heavy atom. The average Bonchev–Trinajstić information content (AvgIpc) is 2.26. The van der Waals surface area contributed by atoms with E-state index in [1.807, 2.05) is 19.1 Å². The van der Waals surface area contributed by atoms with Crippen LogP contribution in [-0.4, -0.2) is 26.2 Å². The van der Waals surface area contributed by atoms with Gasteiger partial charge < -0.3 is 4.74 Å². The second-order valence-electron chi connectivity index (χ2n) is 5.53. The summed E-state index contributed by atoms with van der Waals surface area (Å²) in [5.41, 5.74) is 1.12. The molecule has 0 saturated carbocycles. The molecule has 0 spiro atoms. The molecule has 0 saturated heterocycles. The molecule has 0 aliphatic rings. The maximum Gasteiger partial charge on any atom is 0.151 e. The van der Waals surface area contributed by atoms with Crippen LogP contribution in [0.4, 0.5) is 5.69 Å². The highest BCUT2D eigenvalue weighted by Crippen LogP contribution is 2.23. The highest BCUT2D eigenvalue weighted by atomic mass is 16.5. The van der Waals surface area contributed by atoms with Crippen molar-refractivity contribution in [3.8, 4) is 0 Å². The SMILES string of the molecule is CC=COC(C)(C)C[N+](C)(C)c1ccccc1. The second-order valence-corrected chi connectivity index (χ2v) is 5.53. The van der Waals surface area contributed by atoms with Crippen molar-refractivity contribution in [2.75, 3.05) is 20.6 Å². The number of rotatable bonds is 5. The van der Waals surface area contributed by atoms with E-state index in [0.29, 0.717) is 0 Å². The summed E-state index contributed by atoms with van der Waals surface area (Å²) in [5.74, 6) is 0. The number of para-hydroxylation sites is 1. The topological polar surface area (TPSA) is 9.23 Å². The zero-order valence-electron chi connectivity index (χ0n) is 11.6. The van der Waals surface area contributed by atoms with Gasteiger partial charge in [0.1, 0.15) is 12.2 Å². The van der Waals surface area contributed by atoms with E-state index in [4.69, 9.17) is 4.74 Å². The Morgan fingerprint density at radius 1 is 1.18 bits per heavy atom. The van der Waals surface area contributed by atoms with Crippen LogP contribution in [-0.2, 0) is 4.74 Å². The fraction of sp³-hybridized carbons (Fsp3) is 0.467. The van der Waals surface area contributed by atoms with Crippen LogP contribution in [0, 0.1) is 0 Å². The Bertz CT molecular complexity index is 366. The highest BCUT2D eigenvalue weighted by Gasteiger charge is 2.30. The van der Waals surface area contributed by atoms with Crippen molar-refractivity contribution in [2.45, 2.75) is 26.4 Å². The predicted molar refractivity (Wildman–Crippen MR) is 74.9 cm³/mol. The van der Waals surface area contributed by atoms with E-state index in [2.05, 4.69) is 52.2 Å². The number of hydrogen-bond acceptors (Lipinski definition) is 1. The third-order valence-electron chi connectivity index (χ3n) is 2.75. The number of benzene rings is 1. The van der Waals surface area contributed by atoms with E-state index in [1.54, 1.807) is 6.26 Å². The minimum absolute atomic E-state index is 0.175. The van der Waals surface area contributed by atoms with Gasteiger partial charge in [-0.1, -0.05) is 24.3 Å². The number of ether oxygens (including phenoxy) is 1. The highest BCUT2D eigenvalue weighted by molar-refractivity contribution is 5.41. The third kappa shape index (κ3) is 4.23. The number of quaternary nitrogens is 1. The molecule has 0 N–H and O–H groups in total. The molecular formula is C15H24NO+. The Kier molecular flexibility index (Phi) is 4.35. The van der Waals surface area contributed by atoms with Crippen molar-refractivity contribution in [1.29, 1.82) is 0 Å². The molecule has 2 heteroatoms. The lowest BCUT2D eigenvalue weighted by Gasteiger charge is -2.36. The number of likely N-dealkylation sites (N-methyl/N-ethyl adjacent to an activating group) is 1. The van der Waals surface area contributed by atoms with Crippen LogP contribution in [0.15, 0.2) is 42.7 Å². The summed E-state index contributed by atoms with van der Waals surface area (Å²) >= 11 is 0. The molecule has 0 unspecified atom stereocenters. The van der Waals surface area contributed by atoms with Crippen molar-refractivity contribution in [3.05, 3.63) is 42.7 Å². The number of allylic oxidation sites excluding steroid dienone is 1. The second kappa shape index (κ2) is 5.37. The van der Waals surface area contributed by atoms with Gasteiger partial charge in [-0.25, -0.2) is 0 Å². The van der Waals surface area contributed by atoms with Gasteiger partial charge in [0.2, 0.25) is 0 Å². The van der Waals surface area contributed by atoms with Crippen LogP contribution in [0.1, 0.15) is 20.8 Å². The first-order valence-corrected chi connectivity index (χ1v) is 6.05. The molecular weight excluding hydrogens is 210 g/mol. The summed E-state index contributed by atoms with van der Waals surface area (Å²) in [6, 6.07) is 10.5. The first-order chi connectivity index (χ1) is 7.87. The van der Waals surface area contributed by atoms with Gasteiger partial charge in [-0.3, -0.25) is 4.48 Å². The van der Waals surface area contributed by atoms with E-state index in [-0.39, 0.29) is 5.60 Å². The van der Waals surface area contributed by atoms with Crippen LogP contribution in [0.5, 0.6) is 0 Å². The summed E-state index contributed by atoms with van der Waals surface area (Å²) in [7, 11) is 4.41. The lowest BCUT2D eigenvalue weighted by molar-refractivity contribution is 0.0345. The Hall–Kier alpha value is -1.28. The van der Waals surface area contributed by atoms with Gasteiger partial charge in [0.15, 0.2) is 5.60 Å². The molecule has 0 aliphatic carbocycles. The van der Waals surface area contributed by atoms with E-state index in [1.165, 1.54) is 5.69 Å². The minimum atomic E-state index is -0.175. The molecule has 1 aromatic rings. The lowest BCUT2D eigenvalue weighted by Crippen LogP contribution is -2.50. The van der Waals surface area contributed by atoms with Crippen LogP contribution in [0.3, 0.4) is 0 Å². The van der Waals surface area contributed by atoms with Gasteiger partial charge in [0, 0.05) is 0 Å². The van der Waals surface area contributed by atoms with Crippen LogP contribution in [0.2, 0.25) is 0 Å². The van der Waals surface area contributed by atoms with Gasteiger partial charge in [0.05, 0.1) is 20.4 Å². The normalized spacial score (nSPS) is 13.0. The van der Waals surface area contributed by atoms with Gasteiger partial charge in [-0.05, 0) is 32.9 Å². The lowest BCUT2D eigenvalue weighted by atomic mass is 10.1. The number of hydrogen-bond donors (Lipinski definition) is 0. The van der Waals surface area contributed by atoms with E-state index < -0.39 is 0 Å². The molecule has 0 heterocycles. The van der Waals surface area contributed by atoms with E-state index in [0.717, 1.165) is 11.0 Å². The number of nitrogens with zero attached hydrogens (tertiary/aromatic N) is 1. The van der Waals surface area contributed by atoms with E-state index in [9.17, 15) is 0 Å². The Labute approximate surface area is 105 Å².